The van der Waals surface area contributed by atoms with Gasteiger partial charge >= 0.3 is 0 Å². The first-order valence-corrected chi connectivity index (χ1v) is 9.47. The lowest BCUT2D eigenvalue weighted by Crippen LogP contribution is -2.47. The topological polar surface area (TPSA) is 50.1 Å². The second kappa shape index (κ2) is 5.97. The predicted octanol–water partition coefficient (Wildman–Crippen LogP) is 2.88. The number of nitrogens with zero attached hydrogens (tertiary/aromatic N) is 6. The maximum atomic E-state index is 4.99. The van der Waals surface area contributed by atoms with Crippen molar-refractivity contribution < 1.29 is 0 Å². The number of aryl methyl sites for hydroxylation is 2. The molecule has 1 aromatic carbocycles. The van der Waals surface area contributed by atoms with Gasteiger partial charge in [0.15, 0.2) is 5.82 Å². The third-order valence-electron chi connectivity index (χ3n) is 5.49. The average Bonchev–Trinajstić information content (AvgIpc) is 3.49. The van der Waals surface area contributed by atoms with E-state index in [1.165, 1.54) is 18.5 Å². The Labute approximate surface area is 153 Å². The first-order chi connectivity index (χ1) is 12.7. The lowest BCUT2D eigenvalue weighted by atomic mass is 10.2. The number of para-hydroxylation sites is 1. The van der Waals surface area contributed by atoms with Crippen LogP contribution in [0.1, 0.15) is 30.3 Å². The van der Waals surface area contributed by atoms with Crippen molar-refractivity contribution in [2.75, 3.05) is 36.0 Å². The van der Waals surface area contributed by atoms with Crippen LogP contribution in [0.25, 0.3) is 11.0 Å². The van der Waals surface area contributed by atoms with Crippen molar-refractivity contribution in [1.29, 1.82) is 0 Å². The highest BCUT2D eigenvalue weighted by molar-refractivity contribution is 5.88. The summed E-state index contributed by atoms with van der Waals surface area (Å²) < 4.78 is 1.94. The van der Waals surface area contributed by atoms with Gasteiger partial charge < -0.3 is 9.80 Å². The number of anilines is 2. The molecule has 0 spiro atoms. The molecular weight excluding hydrogens is 324 g/mol. The smallest absolute Gasteiger partial charge is 0.158 e. The van der Waals surface area contributed by atoms with E-state index in [1.54, 1.807) is 0 Å². The van der Waals surface area contributed by atoms with Crippen LogP contribution < -0.4 is 9.80 Å². The molecule has 0 bridgehead atoms. The molecule has 0 atom stereocenters. The molecule has 0 N–H and O–H groups in total. The number of benzene rings is 1. The van der Waals surface area contributed by atoms with Crippen LogP contribution in [0.2, 0.25) is 0 Å². The molecule has 1 aliphatic heterocycles. The fourth-order valence-corrected chi connectivity index (χ4v) is 3.89. The minimum absolute atomic E-state index is 0.545. The second-order valence-electron chi connectivity index (χ2n) is 7.40. The van der Waals surface area contributed by atoms with Crippen LogP contribution in [0.5, 0.6) is 0 Å². The number of piperazine rings is 1. The molecule has 0 radical (unpaired) electrons. The molecule has 26 heavy (non-hydrogen) atoms. The predicted molar refractivity (Wildman–Crippen MR) is 104 cm³/mol. The molecule has 6 heteroatoms. The summed E-state index contributed by atoms with van der Waals surface area (Å²) in [5.74, 6) is 2.62. The molecule has 134 valence electrons. The summed E-state index contributed by atoms with van der Waals surface area (Å²) in [5.41, 5.74) is 4.39. The molecule has 3 aromatic rings. The minimum Gasteiger partial charge on any atom is -0.368 e. The summed E-state index contributed by atoms with van der Waals surface area (Å²) in [6.45, 7) is 5.99. The SMILES string of the molecule is Cc1nn(C)c2c(N3CCN(c4ccccc4)CC3)nc(C3CC3)nc12. The van der Waals surface area contributed by atoms with E-state index in [-0.39, 0.29) is 0 Å². The Morgan fingerprint density at radius 1 is 0.923 bits per heavy atom. The van der Waals surface area contributed by atoms with Gasteiger partial charge in [0.2, 0.25) is 0 Å². The summed E-state index contributed by atoms with van der Waals surface area (Å²) in [6.07, 6.45) is 2.43. The van der Waals surface area contributed by atoms with E-state index in [0.717, 1.165) is 54.5 Å². The van der Waals surface area contributed by atoms with Crippen molar-refractivity contribution in [3.8, 4) is 0 Å². The third kappa shape index (κ3) is 2.60. The van der Waals surface area contributed by atoms with Gasteiger partial charge in [0.1, 0.15) is 16.9 Å². The zero-order chi connectivity index (χ0) is 17.7. The summed E-state index contributed by atoms with van der Waals surface area (Å²) in [6, 6.07) is 10.7. The Bertz CT molecular complexity index is 936. The van der Waals surface area contributed by atoms with E-state index < -0.39 is 0 Å². The summed E-state index contributed by atoms with van der Waals surface area (Å²) in [7, 11) is 2.00. The van der Waals surface area contributed by atoms with Crippen molar-refractivity contribution in [2.45, 2.75) is 25.7 Å². The average molecular weight is 348 g/mol. The van der Waals surface area contributed by atoms with E-state index in [1.807, 2.05) is 18.7 Å². The van der Waals surface area contributed by atoms with Gasteiger partial charge in [-0.2, -0.15) is 5.10 Å². The fourth-order valence-electron chi connectivity index (χ4n) is 3.89. The number of aromatic nitrogens is 4. The molecular formula is C20H24N6. The lowest BCUT2D eigenvalue weighted by Gasteiger charge is -2.37. The molecule has 1 saturated carbocycles. The van der Waals surface area contributed by atoms with Gasteiger partial charge in [-0.15, -0.1) is 0 Å². The fraction of sp³-hybridized carbons (Fsp3) is 0.450. The highest BCUT2D eigenvalue weighted by atomic mass is 15.3. The minimum atomic E-state index is 0.545. The molecule has 1 aliphatic carbocycles. The first kappa shape index (κ1) is 15.6. The Balaban J connectivity index is 1.47. The molecule has 2 fully saturated rings. The molecule has 2 aromatic heterocycles. The normalized spacial score (nSPS) is 17.9. The quantitative estimate of drug-likeness (QED) is 0.728. The van der Waals surface area contributed by atoms with E-state index in [0.29, 0.717) is 5.92 Å². The van der Waals surface area contributed by atoms with Crippen molar-refractivity contribution >= 4 is 22.5 Å². The van der Waals surface area contributed by atoms with E-state index >= 15 is 0 Å². The largest absolute Gasteiger partial charge is 0.368 e. The third-order valence-corrected chi connectivity index (χ3v) is 5.49. The number of hydrogen-bond donors (Lipinski definition) is 0. The van der Waals surface area contributed by atoms with E-state index in [2.05, 4.69) is 45.2 Å². The molecule has 0 amide bonds. The summed E-state index contributed by atoms with van der Waals surface area (Å²) >= 11 is 0. The van der Waals surface area contributed by atoms with Crippen LogP contribution in [0.3, 0.4) is 0 Å². The molecule has 6 nitrogen and oxygen atoms in total. The van der Waals surface area contributed by atoms with Crippen LogP contribution in [0, 0.1) is 6.92 Å². The molecule has 3 heterocycles. The Morgan fingerprint density at radius 3 is 2.31 bits per heavy atom. The van der Waals surface area contributed by atoms with E-state index in [9.17, 15) is 0 Å². The van der Waals surface area contributed by atoms with Crippen LogP contribution in [0.4, 0.5) is 11.5 Å². The monoisotopic (exact) mass is 348 g/mol. The van der Waals surface area contributed by atoms with Gasteiger partial charge in [-0.1, -0.05) is 18.2 Å². The van der Waals surface area contributed by atoms with Gasteiger partial charge in [-0.3, -0.25) is 4.68 Å². The second-order valence-corrected chi connectivity index (χ2v) is 7.40. The van der Waals surface area contributed by atoms with Crippen molar-refractivity contribution in [3.05, 3.63) is 41.9 Å². The highest BCUT2D eigenvalue weighted by Gasteiger charge is 2.30. The maximum Gasteiger partial charge on any atom is 0.158 e. The van der Waals surface area contributed by atoms with Crippen LogP contribution >= 0.6 is 0 Å². The number of rotatable bonds is 3. The zero-order valence-electron chi connectivity index (χ0n) is 15.4. The van der Waals surface area contributed by atoms with Crippen LogP contribution in [-0.4, -0.2) is 45.9 Å². The van der Waals surface area contributed by atoms with Gasteiger partial charge in [-0.25, -0.2) is 9.97 Å². The maximum absolute atomic E-state index is 4.99. The zero-order valence-corrected chi connectivity index (χ0v) is 15.4. The molecule has 2 aliphatic rings. The van der Waals surface area contributed by atoms with Gasteiger partial charge in [0.25, 0.3) is 0 Å². The van der Waals surface area contributed by atoms with Gasteiger partial charge in [0.05, 0.1) is 5.69 Å². The van der Waals surface area contributed by atoms with Gasteiger partial charge in [-0.05, 0) is 31.9 Å². The van der Waals surface area contributed by atoms with Crippen molar-refractivity contribution in [1.82, 2.24) is 19.7 Å². The first-order valence-electron chi connectivity index (χ1n) is 9.47. The molecule has 1 saturated heterocycles. The van der Waals surface area contributed by atoms with Crippen LogP contribution in [0.15, 0.2) is 30.3 Å². The summed E-state index contributed by atoms with van der Waals surface area (Å²) in [5, 5.41) is 4.61. The van der Waals surface area contributed by atoms with Crippen molar-refractivity contribution in [3.63, 3.8) is 0 Å². The molecule has 5 rings (SSSR count). The summed E-state index contributed by atoms with van der Waals surface area (Å²) in [4.78, 5) is 14.7. The molecule has 0 unspecified atom stereocenters. The Kier molecular flexibility index (Phi) is 3.58. The van der Waals surface area contributed by atoms with Gasteiger partial charge in [0, 0.05) is 44.8 Å². The standard InChI is InChI=1S/C20H24N6/c1-14-17-18(24(2)23-14)20(22-19(21-17)15-8-9-15)26-12-10-25(11-13-26)16-6-4-3-5-7-16/h3-7,15H,8-13H2,1-2H3. The lowest BCUT2D eigenvalue weighted by molar-refractivity contribution is 0.644. The Morgan fingerprint density at radius 2 is 1.62 bits per heavy atom. The Hall–Kier alpha value is -2.63. The highest BCUT2D eigenvalue weighted by Crippen LogP contribution is 2.40. The van der Waals surface area contributed by atoms with Crippen LogP contribution in [-0.2, 0) is 7.05 Å². The number of hydrogen-bond acceptors (Lipinski definition) is 5. The van der Waals surface area contributed by atoms with E-state index in [4.69, 9.17) is 9.97 Å². The van der Waals surface area contributed by atoms with Crippen molar-refractivity contribution in [2.24, 2.45) is 7.05 Å². The number of fused-ring (bicyclic) bond motifs is 1.